The number of nitrogens with one attached hydrogen (secondary N) is 2. The maximum atomic E-state index is 11.8. The number of carbonyl (C=O) groups is 2. The number of amides is 2. The second-order valence-electron chi connectivity index (χ2n) is 4.26. The molecule has 1 saturated heterocycles. The highest BCUT2D eigenvalue weighted by molar-refractivity contribution is 6.42. The van der Waals surface area contributed by atoms with E-state index in [1.807, 2.05) is 0 Å². The molecule has 2 amide bonds. The molecule has 7 heteroatoms. The molecule has 1 aromatic rings. The normalized spacial score (nSPS) is 22.2. The predicted octanol–water partition coefficient (Wildman–Crippen LogP) is 0.716. The second kappa shape index (κ2) is 5.77. The van der Waals surface area contributed by atoms with Crippen molar-refractivity contribution in [3.05, 3.63) is 33.8 Å². The van der Waals surface area contributed by atoms with Crippen LogP contribution in [0.2, 0.25) is 10.0 Å². The van der Waals surface area contributed by atoms with Crippen LogP contribution in [0.1, 0.15) is 5.56 Å². The number of carbonyl (C=O) groups excluding carboxylic acids is 2. The summed E-state index contributed by atoms with van der Waals surface area (Å²) >= 11 is 11.6. The topological polar surface area (TPSA) is 78.4 Å². The lowest BCUT2D eigenvalue weighted by Gasteiger charge is -2.12. The third-order valence-electron chi connectivity index (χ3n) is 2.89. The van der Waals surface area contributed by atoms with E-state index < -0.39 is 23.8 Å². The summed E-state index contributed by atoms with van der Waals surface area (Å²) in [5.74, 6) is -2.02. The molecule has 0 aromatic heterocycles. The van der Waals surface area contributed by atoms with Gasteiger partial charge in [0.25, 0.3) is 0 Å². The fourth-order valence-electron chi connectivity index (χ4n) is 1.85. The zero-order valence-corrected chi connectivity index (χ0v) is 11.3. The van der Waals surface area contributed by atoms with Crippen molar-refractivity contribution in [1.29, 1.82) is 0 Å². The fourth-order valence-corrected chi connectivity index (χ4v) is 2.17. The number of β-amino-alcohol motifs (C(OH)–C–C–N with tert-alkyl or cyclic N) is 1. The molecule has 3 N–H and O–H groups in total. The summed E-state index contributed by atoms with van der Waals surface area (Å²) in [7, 11) is 0. The Morgan fingerprint density at radius 1 is 1.42 bits per heavy atom. The highest BCUT2D eigenvalue weighted by atomic mass is 35.5. The van der Waals surface area contributed by atoms with Crippen LogP contribution >= 0.6 is 23.2 Å². The lowest BCUT2D eigenvalue weighted by molar-refractivity contribution is -0.135. The van der Waals surface area contributed by atoms with Gasteiger partial charge < -0.3 is 15.7 Å². The highest BCUT2D eigenvalue weighted by Gasteiger charge is 2.38. The Bertz CT molecular complexity index is 522. The Hall–Kier alpha value is -1.30. The largest absolute Gasteiger partial charge is 0.390 e. The number of hydrogen-bond acceptors (Lipinski definition) is 3. The van der Waals surface area contributed by atoms with E-state index in [2.05, 4.69) is 10.6 Å². The van der Waals surface area contributed by atoms with E-state index in [9.17, 15) is 14.7 Å². The number of aliphatic hydroxyl groups is 1. The zero-order chi connectivity index (χ0) is 14.0. The van der Waals surface area contributed by atoms with Gasteiger partial charge in [-0.15, -0.1) is 0 Å². The van der Waals surface area contributed by atoms with Gasteiger partial charge in [-0.3, -0.25) is 9.59 Å². The maximum absolute atomic E-state index is 11.8. The highest BCUT2D eigenvalue weighted by Crippen LogP contribution is 2.22. The first kappa shape index (κ1) is 14.1. The first-order valence-electron chi connectivity index (χ1n) is 5.66. The second-order valence-corrected chi connectivity index (χ2v) is 5.07. The van der Waals surface area contributed by atoms with Crippen LogP contribution < -0.4 is 10.6 Å². The quantitative estimate of drug-likeness (QED) is 0.720. The van der Waals surface area contributed by atoms with E-state index in [4.69, 9.17) is 23.2 Å². The first-order valence-corrected chi connectivity index (χ1v) is 6.42. The molecule has 0 aliphatic carbocycles. The van der Waals surface area contributed by atoms with E-state index >= 15 is 0 Å². The van der Waals surface area contributed by atoms with Gasteiger partial charge in [-0.2, -0.15) is 0 Å². The van der Waals surface area contributed by atoms with Gasteiger partial charge in [-0.1, -0.05) is 29.3 Å². The van der Waals surface area contributed by atoms with Crippen molar-refractivity contribution >= 4 is 35.0 Å². The van der Waals surface area contributed by atoms with Crippen LogP contribution in [0.3, 0.4) is 0 Å². The van der Waals surface area contributed by atoms with Gasteiger partial charge in [0, 0.05) is 13.1 Å². The maximum Gasteiger partial charge on any atom is 0.235 e. The Morgan fingerprint density at radius 3 is 2.74 bits per heavy atom. The standard InChI is InChI=1S/C12H12Cl2N2O3/c13-7-2-1-6(3-8(7)14)4-15-11(18)10-9(17)5-16-12(10)19/h1-3,9-10,17H,4-5H2,(H,15,18)(H,16,19). The molecular weight excluding hydrogens is 291 g/mol. The molecule has 1 heterocycles. The van der Waals surface area contributed by atoms with E-state index in [-0.39, 0.29) is 13.1 Å². The molecule has 2 atom stereocenters. The first-order chi connectivity index (χ1) is 8.99. The summed E-state index contributed by atoms with van der Waals surface area (Å²) in [4.78, 5) is 23.2. The Morgan fingerprint density at radius 2 is 2.16 bits per heavy atom. The molecule has 19 heavy (non-hydrogen) atoms. The van der Waals surface area contributed by atoms with Gasteiger partial charge in [0.1, 0.15) is 5.92 Å². The smallest absolute Gasteiger partial charge is 0.235 e. The summed E-state index contributed by atoms with van der Waals surface area (Å²) in [6, 6.07) is 4.98. The van der Waals surface area contributed by atoms with Crippen molar-refractivity contribution in [2.24, 2.45) is 5.92 Å². The van der Waals surface area contributed by atoms with Gasteiger partial charge in [0.05, 0.1) is 16.1 Å². The average Bonchev–Trinajstić information content (AvgIpc) is 2.70. The lowest BCUT2D eigenvalue weighted by Crippen LogP contribution is -2.39. The Labute approximate surface area is 119 Å². The summed E-state index contributed by atoms with van der Waals surface area (Å²) in [6.45, 7) is 0.315. The molecule has 5 nitrogen and oxygen atoms in total. The molecule has 0 bridgehead atoms. The van der Waals surface area contributed by atoms with Crippen LogP contribution in [0.5, 0.6) is 0 Å². The van der Waals surface area contributed by atoms with Crippen molar-refractivity contribution in [3.8, 4) is 0 Å². The van der Waals surface area contributed by atoms with E-state index in [1.54, 1.807) is 18.2 Å². The van der Waals surface area contributed by atoms with Crippen molar-refractivity contribution in [2.75, 3.05) is 6.54 Å². The van der Waals surface area contributed by atoms with Crippen LogP contribution in [0.4, 0.5) is 0 Å². The van der Waals surface area contributed by atoms with Gasteiger partial charge in [-0.05, 0) is 17.7 Å². The van der Waals surface area contributed by atoms with Gasteiger partial charge in [0.2, 0.25) is 11.8 Å². The van der Waals surface area contributed by atoms with E-state index in [0.29, 0.717) is 10.0 Å². The van der Waals surface area contributed by atoms with Crippen molar-refractivity contribution in [3.63, 3.8) is 0 Å². The lowest BCUT2D eigenvalue weighted by atomic mass is 10.0. The summed E-state index contributed by atoms with van der Waals surface area (Å²) in [5, 5.41) is 15.4. The Balaban J connectivity index is 1.96. The van der Waals surface area contributed by atoms with E-state index in [0.717, 1.165) is 5.56 Å². The molecule has 102 valence electrons. The SMILES string of the molecule is O=C(NCc1ccc(Cl)c(Cl)c1)C1C(=O)NCC1O. The number of halogens is 2. The molecule has 1 aliphatic heterocycles. The van der Waals surface area contributed by atoms with Crippen LogP contribution in [0, 0.1) is 5.92 Å². The zero-order valence-electron chi connectivity index (χ0n) is 9.82. The third-order valence-corrected chi connectivity index (χ3v) is 3.62. The minimum absolute atomic E-state index is 0.101. The fraction of sp³-hybridized carbons (Fsp3) is 0.333. The summed E-state index contributed by atoms with van der Waals surface area (Å²) in [5.41, 5.74) is 0.760. The molecule has 1 fully saturated rings. The van der Waals surface area contributed by atoms with Gasteiger partial charge in [0.15, 0.2) is 0 Å². The van der Waals surface area contributed by atoms with Gasteiger partial charge in [-0.25, -0.2) is 0 Å². The monoisotopic (exact) mass is 302 g/mol. The predicted molar refractivity (Wildman–Crippen MR) is 70.8 cm³/mol. The summed E-state index contributed by atoms with van der Waals surface area (Å²) < 4.78 is 0. The molecule has 2 unspecified atom stereocenters. The third kappa shape index (κ3) is 3.18. The Kier molecular flexibility index (Phi) is 4.29. The van der Waals surface area contributed by atoms with E-state index in [1.165, 1.54) is 0 Å². The van der Waals surface area contributed by atoms with Crippen LogP contribution in [0.25, 0.3) is 0 Å². The number of aliphatic hydroxyl groups excluding tert-OH is 1. The van der Waals surface area contributed by atoms with Crippen LogP contribution in [0.15, 0.2) is 18.2 Å². The number of rotatable bonds is 3. The van der Waals surface area contributed by atoms with Crippen molar-refractivity contribution in [2.45, 2.75) is 12.6 Å². The molecule has 0 saturated carbocycles. The molecule has 0 spiro atoms. The van der Waals surface area contributed by atoms with Crippen LogP contribution in [-0.4, -0.2) is 29.6 Å². The molecule has 0 radical (unpaired) electrons. The summed E-state index contributed by atoms with van der Waals surface area (Å²) in [6.07, 6.45) is -0.985. The molecule has 1 aromatic carbocycles. The minimum Gasteiger partial charge on any atom is -0.390 e. The van der Waals surface area contributed by atoms with Crippen LogP contribution in [-0.2, 0) is 16.1 Å². The number of benzene rings is 1. The molecule has 1 aliphatic rings. The van der Waals surface area contributed by atoms with Crippen molar-refractivity contribution < 1.29 is 14.7 Å². The van der Waals surface area contributed by atoms with Crippen molar-refractivity contribution in [1.82, 2.24) is 10.6 Å². The molecule has 2 rings (SSSR count). The van der Waals surface area contributed by atoms with Gasteiger partial charge >= 0.3 is 0 Å². The molecular formula is C12H12Cl2N2O3. The number of hydrogen-bond donors (Lipinski definition) is 3. The average molecular weight is 303 g/mol. The minimum atomic E-state index is -1.05.